The van der Waals surface area contributed by atoms with Gasteiger partial charge in [-0.1, -0.05) is 37.6 Å². The van der Waals surface area contributed by atoms with Gasteiger partial charge in [-0.2, -0.15) is 0 Å². The Morgan fingerprint density at radius 1 is 0.786 bits per heavy atom. The van der Waals surface area contributed by atoms with Gasteiger partial charge in [0.05, 0.1) is 0 Å². The summed E-state index contributed by atoms with van der Waals surface area (Å²) in [6.45, 7) is 2.22. The lowest BCUT2D eigenvalue weighted by Crippen LogP contribution is -2.12. The molecule has 1 fully saturated rings. The molecule has 0 atom stereocenters. The summed E-state index contributed by atoms with van der Waals surface area (Å²) in [7, 11) is 0. The van der Waals surface area contributed by atoms with Crippen LogP contribution in [0.1, 0.15) is 50.5 Å². The maximum atomic E-state index is 14.8. The monoisotopic (exact) mass is 386 g/mol. The molecule has 3 aromatic carbocycles. The van der Waals surface area contributed by atoms with Gasteiger partial charge in [-0.3, -0.25) is 0 Å². The van der Waals surface area contributed by atoms with Crippen molar-refractivity contribution in [3.63, 3.8) is 0 Å². The lowest BCUT2D eigenvalue weighted by atomic mass is 9.77. The first-order chi connectivity index (χ1) is 13.5. The third kappa shape index (κ3) is 3.41. The molecule has 0 N–H and O–H groups in total. The van der Waals surface area contributed by atoms with Crippen LogP contribution in [0.15, 0.2) is 42.5 Å². The van der Waals surface area contributed by atoms with Crippen molar-refractivity contribution in [1.82, 2.24) is 0 Å². The standard InChI is InChI=1S/C24H22F4/c1-2-14-3-5-15(6-4-14)16-7-9-19(21(25)12-16)17-8-10-20-18(11-17)13-22(26)24(28)23(20)27/h7-15H,2-6H2,1H3. The van der Waals surface area contributed by atoms with Crippen LogP contribution in [0.4, 0.5) is 17.6 Å². The minimum atomic E-state index is -1.49. The second kappa shape index (κ2) is 7.57. The van der Waals surface area contributed by atoms with Crippen molar-refractivity contribution >= 4 is 10.8 Å². The molecule has 0 amide bonds. The average molecular weight is 386 g/mol. The Bertz CT molecular complexity index is 1020. The molecule has 0 saturated heterocycles. The topological polar surface area (TPSA) is 0 Å². The van der Waals surface area contributed by atoms with Crippen LogP contribution in [0.2, 0.25) is 0 Å². The van der Waals surface area contributed by atoms with E-state index in [-0.39, 0.29) is 16.6 Å². The summed E-state index contributed by atoms with van der Waals surface area (Å²) in [5, 5.41) is 0.183. The van der Waals surface area contributed by atoms with Gasteiger partial charge in [0.15, 0.2) is 17.5 Å². The van der Waals surface area contributed by atoms with E-state index in [1.807, 2.05) is 6.07 Å². The Kier molecular flexibility index (Phi) is 5.13. The quantitative estimate of drug-likeness (QED) is 0.319. The summed E-state index contributed by atoms with van der Waals surface area (Å²) < 4.78 is 55.7. The van der Waals surface area contributed by atoms with Crippen molar-refractivity contribution in [2.75, 3.05) is 0 Å². The predicted molar refractivity (Wildman–Crippen MR) is 104 cm³/mol. The number of hydrogen-bond acceptors (Lipinski definition) is 0. The number of rotatable bonds is 3. The molecule has 0 spiro atoms. The van der Waals surface area contributed by atoms with E-state index in [1.165, 1.54) is 37.5 Å². The maximum Gasteiger partial charge on any atom is 0.195 e. The average Bonchev–Trinajstić information content (AvgIpc) is 2.72. The van der Waals surface area contributed by atoms with Crippen LogP contribution in [0.3, 0.4) is 0 Å². The second-order valence-corrected chi connectivity index (χ2v) is 7.79. The Hall–Kier alpha value is -2.36. The van der Waals surface area contributed by atoms with E-state index in [0.29, 0.717) is 17.0 Å². The highest BCUT2D eigenvalue weighted by atomic mass is 19.2. The first-order valence-electron chi connectivity index (χ1n) is 9.85. The van der Waals surface area contributed by atoms with Gasteiger partial charge in [-0.25, -0.2) is 17.6 Å². The third-order valence-corrected chi connectivity index (χ3v) is 6.17. The van der Waals surface area contributed by atoms with Crippen molar-refractivity contribution in [2.24, 2.45) is 5.92 Å². The van der Waals surface area contributed by atoms with Crippen LogP contribution in [0.25, 0.3) is 21.9 Å². The number of fused-ring (bicyclic) bond motifs is 1. The molecule has 1 saturated carbocycles. The van der Waals surface area contributed by atoms with Crippen LogP contribution in [0, 0.1) is 29.2 Å². The van der Waals surface area contributed by atoms with E-state index < -0.39 is 17.5 Å². The Balaban J connectivity index is 1.65. The fourth-order valence-corrected chi connectivity index (χ4v) is 4.40. The van der Waals surface area contributed by atoms with Gasteiger partial charge in [0.1, 0.15) is 5.82 Å². The number of halogens is 4. The Morgan fingerprint density at radius 2 is 1.54 bits per heavy atom. The molecule has 0 radical (unpaired) electrons. The molecule has 0 aromatic heterocycles. The minimum Gasteiger partial charge on any atom is -0.206 e. The zero-order valence-corrected chi connectivity index (χ0v) is 15.7. The Labute approximate surface area is 162 Å². The van der Waals surface area contributed by atoms with Gasteiger partial charge in [0.2, 0.25) is 0 Å². The first-order valence-corrected chi connectivity index (χ1v) is 9.85. The molecular formula is C24H22F4. The van der Waals surface area contributed by atoms with Crippen molar-refractivity contribution in [3.8, 4) is 11.1 Å². The van der Waals surface area contributed by atoms with E-state index in [2.05, 4.69) is 6.92 Å². The molecule has 1 aliphatic carbocycles. The Morgan fingerprint density at radius 3 is 2.21 bits per heavy atom. The summed E-state index contributed by atoms with van der Waals surface area (Å²) in [5.74, 6) is -3.15. The van der Waals surface area contributed by atoms with Crippen LogP contribution < -0.4 is 0 Å². The van der Waals surface area contributed by atoms with Crippen molar-refractivity contribution in [2.45, 2.75) is 44.9 Å². The molecule has 0 bridgehead atoms. The number of benzene rings is 3. The summed E-state index contributed by atoms with van der Waals surface area (Å²) >= 11 is 0. The van der Waals surface area contributed by atoms with Crippen LogP contribution in [0.5, 0.6) is 0 Å². The molecule has 146 valence electrons. The van der Waals surface area contributed by atoms with Gasteiger partial charge in [0.25, 0.3) is 0 Å². The van der Waals surface area contributed by atoms with E-state index in [4.69, 9.17) is 0 Å². The van der Waals surface area contributed by atoms with Gasteiger partial charge >= 0.3 is 0 Å². The fourth-order valence-electron chi connectivity index (χ4n) is 4.40. The normalized spacial score (nSPS) is 19.9. The molecule has 0 heterocycles. The SMILES string of the molecule is CCC1CCC(c2ccc(-c3ccc4c(F)c(F)c(F)cc4c3)c(F)c2)CC1. The first kappa shape index (κ1) is 19.0. The van der Waals surface area contributed by atoms with Crippen molar-refractivity contribution in [1.29, 1.82) is 0 Å². The van der Waals surface area contributed by atoms with Crippen molar-refractivity contribution < 1.29 is 17.6 Å². The third-order valence-electron chi connectivity index (χ3n) is 6.17. The van der Waals surface area contributed by atoms with Gasteiger partial charge in [-0.15, -0.1) is 0 Å². The van der Waals surface area contributed by atoms with E-state index in [9.17, 15) is 17.6 Å². The van der Waals surface area contributed by atoms with Crippen molar-refractivity contribution in [3.05, 3.63) is 71.3 Å². The van der Waals surface area contributed by atoms with Gasteiger partial charge in [-0.05, 0) is 72.2 Å². The molecule has 0 nitrogen and oxygen atoms in total. The highest BCUT2D eigenvalue weighted by molar-refractivity contribution is 5.88. The maximum absolute atomic E-state index is 14.8. The molecule has 0 unspecified atom stereocenters. The van der Waals surface area contributed by atoms with Gasteiger partial charge < -0.3 is 0 Å². The second-order valence-electron chi connectivity index (χ2n) is 7.79. The smallest absolute Gasteiger partial charge is 0.195 e. The highest BCUT2D eigenvalue weighted by Crippen LogP contribution is 2.38. The molecule has 28 heavy (non-hydrogen) atoms. The molecule has 4 rings (SSSR count). The summed E-state index contributed by atoms with van der Waals surface area (Å²) in [6, 6.07) is 10.6. The van der Waals surface area contributed by atoms with Gasteiger partial charge in [0, 0.05) is 10.9 Å². The molecule has 0 aliphatic heterocycles. The number of hydrogen-bond donors (Lipinski definition) is 0. The van der Waals surface area contributed by atoms with E-state index in [1.54, 1.807) is 12.1 Å². The van der Waals surface area contributed by atoms with Crippen LogP contribution >= 0.6 is 0 Å². The molecule has 3 aromatic rings. The summed E-state index contributed by atoms with van der Waals surface area (Å²) in [4.78, 5) is 0. The summed E-state index contributed by atoms with van der Waals surface area (Å²) in [5.41, 5.74) is 1.89. The van der Waals surface area contributed by atoms with Crippen LogP contribution in [-0.2, 0) is 0 Å². The zero-order valence-electron chi connectivity index (χ0n) is 15.7. The predicted octanol–water partition coefficient (Wildman–Crippen LogP) is 7.75. The lowest BCUT2D eigenvalue weighted by Gasteiger charge is -2.28. The van der Waals surface area contributed by atoms with E-state index in [0.717, 1.165) is 30.4 Å². The minimum absolute atomic E-state index is 0.0210. The fraction of sp³-hybridized carbons (Fsp3) is 0.333. The van der Waals surface area contributed by atoms with Crippen LogP contribution in [-0.4, -0.2) is 0 Å². The van der Waals surface area contributed by atoms with E-state index >= 15 is 0 Å². The molecule has 4 heteroatoms. The molecular weight excluding hydrogens is 364 g/mol. The lowest BCUT2D eigenvalue weighted by molar-refractivity contribution is 0.318. The summed E-state index contributed by atoms with van der Waals surface area (Å²) in [6.07, 6.45) is 5.73. The molecule has 1 aliphatic rings. The zero-order chi connectivity index (χ0) is 19.8. The highest BCUT2D eigenvalue weighted by Gasteiger charge is 2.22. The largest absolute Gasteiger partial charge is 0.206 e.